The molecule has 0 aromatic heterocycles. The van der Waals surface area contributed by atoms with Crippen LogP contribution in [0.3, 0.4) is 0 Å². The van der Waals surface area contributed by atoms with Crippen LogP contribution in [0, 0.1) is 23.7 Å². The minimum atomic E-state index is -0.945. The molecule has 0 bridgehead atoms. The summed E-state index contributed by atoms with van der Waals surface area (Å²) in [4.78, 5) is 23.6. The number of benzene rings is 2. The predicted octanol–water partition coefficient (Wildman–Crippen LogP) is 3.32. The number of aliphatic hydroxyl groups is 1. The van der Waals surface area contributed by atoms with Crippen LogP contribution in [-0.4, -0.2) is 34.4 Å². The van der Waals surface area contributed by atoms with E-state index in [1.807, 2.05) is 36.4 Å². The van der Waals surface area contributed by atoms with Crippen molar-refractivity contribution >= 4 is 11.9 Å². The van der Waals surface area contributed by atoms with Gasteiger partial charge in [0.15, 0.2) is 6.10 Å². The maximum atomic E-state index is 12.5. The molecule has 4 atom stereocenters. The molecule has 1 aliphatic rings. The monoisotopic (exact) mass is 392 g/mol. The van der Waals surface area contributed by atoms with Crippen LogP contribution < -0.4 is 0 Å². The summed E-state index contributed by atoms with van der Waals surface area (Å²) in [5, 5.41) is 19.2. The van der Waals surface area contributed by atoms with E-state index >= 15 is 0 Å². The minimum Gasteiger partial charge on any atom is -0.481 e. The van der Waals surface area contributed by atoms with E-state index in [1.165, 1.54) is 0 Å². The van der Waals surface area contributed by atoms with Crippen LogP contribution in [0.4, 0.5) is 0 Å². The molecule has 3 rings (SSSR count). The Bertz CT molecular complexity index is 882. The first-order valence-corrected chi connectivity index (χ1v) is 9.74. The zero-order valence-corrected chi connectivity index (χ0v) is 16.0. The second-order valence-electron chi connectivity index (χ2n) is 7.25. The van der Waals surface area contributed by atoms with Gasteiger partial charge in [-0.2, -0.15) is 0 Å². The average molecular weight is 392 g/mol. The maximum absolute atomic E-state index is 12.5. The SMILES string of the molecule is O=C(O)C[C@H]1[C@@H](O)CC[C@@H]1C#CC(Cc1ccccc1)OC(=O)c1ccccc1. The van der Waals surface area contributed by atoms with Gasteiger partial charge in [0.1, 0.15) is 0 Å². The molecule has 0 amide bonds. The van der Waals surface area contributed by atoms with E-state index in [0.29, 0.717) is 24.8 Å². The molecule has 5 heteroatoms. The van der Waals surface area contributed by atoms with Crippen LogP contribution in [-0.2, 0) is 16.0 Å². The zero-order valence-electron chi connectivity index (χ0n) is 16.0. The van der Waals surface area contributed by atoms with E-state index in [0.717, 1.165) is 5.56 Å². The normalized spacial score (nSPS) is 21.6. The van der Waals surface area contributed by atoms with Gasteiger partial charge in [-0.05, 0) is 30.5 Å². The summed E-state index contributed by atoms with van der Waals surface area (Å²) in [6.45, 7) is 0. The molecule has 0 saturated heterocycles. The molecular weight excluding hydrogens is 368 g/mol. The second-order valence-corrected chi connectivity index (χ2v) is 7.25. The van der Waals surface area contributed by atoms with Gasteiger partial charge in [-0.25, -0.2) is 4.79 Å². The molecule has 2 aromatic carbocycles. The highest BCUT2D eigenvalue weighted by atomic mass is 16.5. The fourth-order valence-corrected chi connectivity index (χ4v) is 3.63. The minimum absolute atomic E-state index is 0.117. The highest BCUT2D eigenvalue weighted by Crippen LogP contribution is 2.34. The molecule has 1 fully saturated rings. The van der Waals surface area contributed by atoms with Crippen molar-refractivity contribution in [2.45, 2.75) is 37.9 Å². The topological polar surface area (TPSA) is 83.8 Å². The third-order valence-electron chi connectivity index (χ3n) is 5.15. The lowest BCUT2D eigenvalue weighted by Gasteiger charge is -2.17. The van der Waals surface area contributed by atoms with E-state index in [-0.39, 0.29) is 12.3 Å². The molecule has 2 aromatic rings. The number of carboxylic acid groups (broad SMARTS) is 1. The molecule has 2 N–H and O–H groups in total. The van der Waals surface area contributed by atoms with Gasteiger partial charge >= 0.3 is 11.9 Å². The molecule has 0 radical (unpaired) electrons. The Hall–Kier alpha value is -3.10. The van der Waals surface area contributed by atoms with Crippen LogP contribution >= 0.6 is 0 Å². The lowest BCUT2D eigenvalue weighted by Crippen LogP contribution is -2.23. The van der Waals surface area contributed by atoms with E-state index in [2.05, 4.69) is 11.8 Å². The number of carbonyl (C=O) groups excluding carboxylic acids is 1. The Kier molecular flexibility index (Phi) is 7.04. The first-order chi connectivity index (χ1) is 14.0. The first kappa shape index (κ1) is 20.6. The van der Waals surface area contributed by atoms with Gasteiger partial charge in [0.2, 0.25) is 0 Å². The summed E-state index contributed by atoms with van der Waals surface area (Å²) in [5.74, 6) is 4.11. The number of rotatable bonds is 6. The van der Waals surface area contributed by atoms with Crippen LogP contribution in [0.15, 0.2) is 60.7 Å². The van der Waals surface area contributed by atoms with Gasteiger partial charge in [-0.3, -0.25) is 4.79 Å². The van der Waals surface area contributed by atoms with Crippen LogP contribution in [0.25, 0.3) is 0 Å². The number of esters is 1. The van der Waals surface area contributed by atoms with Crippen LogP contribution in [0.1, 0.15) is 35.2 Å². The molecule has 0 heterocycles. The molecular formula is C24H24O5. The van der Waals surface area contributed by atoms with Crippen molar-refractivity contribution < 1.29 is 24.5 Å². The molecule has 0 aliphatic heterocycles. The third-order valence-corrected chi connectivity index (χ3v) is 5.15. The number of hydrogen-bond donors (Lipinski definition) is 2. The highest BCUT2D eigenvalue weighted by Gasteiger charge is 2.35. The van der Waals surface area contributed by atoms with Crippen molar-refractivity contribution in [1.82, 2.24) is 0 Å². The van der Waals surface area contributed by atoms with Gasteiger partial charge in [0, 0.05) is 18.3 Å². The summed E-state index contributed by atoms with van der Waals surface area (Å²) >= 11 is 0. The predicted molar refractivity (Wildman–Crippen MR) is 108 cm³/mol. The van der Waals surface area contributed by atoms with E-state index < -0.39 is 30.1 Å². The molecule has 0 spiro atoms. The summed E-state index contributed by atoms with van der Waals surface area (Å²) in [6, 6.07) is 18.4. The summed E-state index contributed by atoms with van der Waals surface area (Å²) in [7, 11) is 0. The molecule has 1 saturated carbocycles. The van der Waals surface area contributed by atoms with Crippen molar-refractivity contribution in [3.8, 4) is 11.8 Å². The number of ether oxygens (including phenoxy) is 1. The number of hydrogen-bond acceptors (Lipinski definition) is 4. The van der Waals surface area contributed by atoms with Gasteiger partial charge < -0.3 is 14.9 Å². The van der Waals surface area contributed by atoms with Crippen molar-refractivity contribution in [2.75, 3.05) is 0 Å². The highest BCUT2D eigenvalue weighted by molar-refractivity contribution is 5.89. The standard InChI is InChI=1S/C24H24O5/c25-22-14-12-18(21(22)16-23(26)27)11-13-20(15-17-7-3-1-4-8-17)29-24(28)19-9-5-2-6-10-19/h1-10,18,20-22,25H,12,14-16H2,(H,26,27)/t18-,20?,21+,22-/m0/s1. The van der Waals surface area contributed by atoms with Crippen molar-refractivity contribution in [2.24, 2.45) is 11.8 Å². The number of carbonyl (C=O) groups is 2. The second kappa shape index (κ2) is 9.90. The number of carboxylic acids is 1. The fraction of sp³-hybridized carbons (Fsp3) is 0.333. The Morgan fingerprint density at radius 2 is 1.69 bits per heavy atom. The number of aliphatic carboxylic acids is 1. The third kappa shape index (κ3) is 5.94. The average Bonchev–Trinajstić information content (AvgIpc) is 3.06. The van der Waals surface area contributed by atoms with Gasteiger partial charge in [-0.1, -0.05) is 60.4 Å². The first-order valence-electron chi connectivity index (χ1n) is 9.74. The Balaban J connectivity index is 1.77. The summed E-state index contributed by atoms with van der Waals surface area (Å²) in [6.07, 6.45) is 0.165. The van der Waals surface area contributed by atoms with E-state index in [1.54, 1.807) is 24.3 Å². The number of aliphatic hydroxyl groups excluding tert-OH is 1. The molecule has 1 unspecified atom stereocenters. The lowest BCUT2D eigenvalue weighted by atomic mass is 9.91. The van der Waals surface area contributed by atoms with Gasteiger partial charge in [0.25, 0.3) is 0 Å². The molecule has 29 heavy (non-hydrogen) atoms. The zero-order chi connectivity index (χ0) is 20.6. The van der Waals surface area contributed by atoms with Crippen LogP contribution in [0.5, 0.6) is 0 Å². The Morgan fingerprint density at radius 1 is 1.03 bits per heavy atom. The van der Waals surface area contributed by atoms with Gasteiger partial charge in [0.05, 0.1) is 18.1 Å². The van der Waals surface area contributed by atoms with E-state index in [9.17, 15) is 14.7 Å². The van der Waals surface area contributed by atoms with Crippen LogP contribution in [0.2, 0.25) is 0 Å². The molecule has 150 valence electrons. The molecule has 5 nitrogen and oxygen atoms in total. The quantitative estimate of drug-likeness (QED) is 0.582. The van der Waals surface area contributed by atoms with E-state index in [4.69, 9.17) is 9.84 Å². The van der Waals surface area contributed by atoms with Crippen molar-refractivity contribution in [3.05, 3.63) is 71.8 Å². The lowest BCUT2D eigenvalue weighted by molar-refractivity contribution is -0.139. The summed E-state index contributed by atoms with van der Waals surface area (Å²) in [5.41, 5.74) is 1.44. The van der Waals surface area contributed by atoms with Crippen molar-refractivity contribution in [1.29, 1.82) is 0 Å². The van der Waals surface area contributed by atoms with Gasteiger partial charge in [-0.15, -0.1) is 0 Å². The smallest absolute Gasteiger partial charge is 0.339 e. The Morgan fingerprint density at radius 3 is 2.34 bits per heavy atom. The summed E-state index contributed by atoms with van der Waals surface area (Å²) < 4.78 is 5.65. The Labute approximate surface area is 170 Å². The maximum Gasteiger partial charge on any atom is 0.339 e. The largest absolute Gasteiger partial charge is 0.481 e. The molecule has 1 aliphatic carbocycles. The fourth-order valence-electron chi connectivity index (χ4n) is 3.63. The van der Waals surface area contributed by atoms with Crippen molar-refractivity contribution in [3.63, 3.8) is 0 Å².